The van der Waals surface area contributed by atoms with Gasteiger partial charge in [0.25, 0.3) is 10.0 Å². The molecule has 0 fully saturated rings. The van der Waals surface area contributed by atoms with Crippen molar-refractivity contribution in [2.45, 2.75) is 4.90 Å². The second kappa shape index (κ2) is 9.00. The van der Waals surface area contributed by atoms with Crippen LogP contribution in [0.3, 0.4) is 0 Å². The zero-order chi connectivity index (χ0) is 23.5. The molecule has 0 saturated carbocycles. The Morgan fingerprint density at radius 1 is 0.735 bits per heavy atom. The number of nitrogens with one attached hydrogen (secondary N) is 3. The minimum absolute atomic E-state index is 0.00637. The SMILES string of the molecule is O=S(=O)(Nc1ncccn1)c1ccc(NC(=S)Nc2c3ccccc3nc3ccccc23)cc1. The van der Waals surface area contributed by atoms with Crippen molar-refractivity contribution in [3.05, 3.63) is 91.3 Å². The molecule has 0 bridgehead atoms. The molecule has 2 heterocycles. The van der Waals surface area contributed by atoms with Crippen LogP contribution in [0.25, 0.3) is 21.8 Å². The van der Waals surface area contributed by atoms with E-state index in [1.165, 1.54) is 24.5 Å². The van der Waals surface area contributed by atoms with Gasteiger partial charge in [-0.15, -0.1) is 0 Å². The fraction of sp³-hybridized carbons (Fsp3) is 0. The number of para-hydroxylation sites is 2. The molecule has 10 heteroatoms. The maximum Gasteiger partial charge on any atom is 0.264 e. The standard InChI is InChI=1S/C24H18N6O2S2/c31-34(32,30-23-25-14-5-15-26-23)17-12-10-16(11-13-17)27-24(33)29-22-18-6-1-3-8-20(18)28-21-9-4-2-7-19(21)22/h1-15H,(H,25,26,30)(H2,27,28,29,33). The highest BCUT2D eigenvalue weighted by Crippen LogP contribution is 2.30. The van der Waals surface area contributed by atoms with E-state index in [4.69, 9.17) is 17.2 Å². The summed E-state index contributed by atoms with van der Waals surface area (Å²) in [6.45, 7) is 0. The average Bonchev–Trinajstić information content (AvgIpc) is 2.84. The lowest BCUT2D eigenvalue weighted by Gasteiger charge is -2.15. The lowest BCUT2D eigenvalue weighted by atomic mass is 10.1. The second-order valence-corrected chi connectivity index (χ2v) is 9.39. The molecule has 34 heavy (non-hydrogen) atoms. The van der Waals surface area contributed by atoms with Crippen LogP contribution in [-0.4, -0.2) is 28.5 Å². The van der Waals surface area contributed by atoms with Crippen LogP contribution in [0.1, 0.15) is 0 Å². The Morgan fingerprint density at radius 2 is 1.32 bits per heavy atom. The van der Waals surface area contributed by atoms with E-state index in [0.717, 1.165) is 27.5 Å². The molecular formula is C24H18N6O2S2. The number of rotatable bonds is 5. The van der Waals surface area contributed by atoms with Crippen molar-refractivity contribution in [3.8, 4) is 0 Å². The topological polar surface area (TPSA) is 109 Å². The van der Waals surface area contributed by atoms with Crippen LogP contribution in [0.4, 0.5) is 17.3 Å². The molecule has 3 aromatic carbocycles. The van der Waals surface area contributed by atoms with Gasteiger partial charge in [0.05, 0.1) is 21.6 Å². The summed E-state index contributed by atoms with van der Waals surface area (Å²) < 4.78 is 27.5. The first-order chi connectivity index (χ1) is 16.5. The van der Waals surface area contributed by atoms with Gasteiger partial charge in [-0.05, 0) is 54.7 Å². The van der Waals surface area contributed by atoms with Gasteiger partial charge >= 0.3 is 0 Å². The molecule has 168 valence electrons. The molecule has 2 aromatic heterocycles. The molecule has 5 rings (SSSR count). The summed E-state index contributed by atoms with van der Waals surface area (Å²) >= 11 is 5.55. The number of fused-ring (bicyclic) bond motifs is 2. The Bertz CT molecular complexity index is 1550. The van der Waals surface area contributed by atoms with Crippen LogP contribution in [0.15, 0.2) is 96.2 Å². The number of hydrogen-bond donors (Lipinski definition) is 3. The summed E-state index contributed by atoms with van der Waals surface area (Å²) in [5.41, 5.74) is 3.20. The number of thiocarbonyl (C=S) groups is 1. The van der Waals surface area contributed by atoms with E-state index >= 15 is 0 Å². The van der Waals surface area contributed by atoms with Gasteiger partial charge in [-0.1, -0.05) is 36.4 Å². The van der Waals surface area contributed by atoms with Crippen LogP contribution < -0.4 is 15.4 Å². The van der Waals surface area contributed by atoms with Crippen LogP contribution in [0.5, 0.6) is 0 Å². The predicted octanol–water partition coefficient (Wildman–Crippen LogP) is 4.79. The first kappa shape index (κ1) is 21.7. The highest BCUT2D eigenvalue weighted by Gasteiger charge is 2.16. The van der Waals surface area contributed by atoms with E-state index in [2.05, 4.69) is 25.3 Å². The quantitative estimate of drug-likeness (QED) is 0.240. The van der Waals surface area contributed by atoms with E-state index in [1.807, 2.05) is 48.5 Å². The highest BCUT2D eigenvalue weighted by molar-refractivity contribution is 7.92. The molecule has 0 aliphatic carbocycles. The minimum atomic E-state index is -3.81. The monoisotopic (exact) mass is 486 g/mol. The lowest BCUT2D eigenvalue weighted by Crippen LogP contribution is -2.20. The Labute approximate surface area is 201 Å². The third-order valence-corrected chi connectivity index (χ3v) is 6.59. The normalized spacial score (nSPS) is 11.3. The molecule has 5 aromatic rings. The third-order valence-electron chi connectivity index (χ3n) is 5.04. The maximum atomic E-state index is 12.6. The van der Waals surface area contributed by atoms with E-state index in [0.29, 0.717) is 10.8 Å². The van der Waals surface area contributed by atoms with Gasteiger partial charge in [0.2, 0.25) is 5.95 Å². The zero-order valence-electron chi connectivity index (χ0n) is 17.6. The summed E-state index contributed by atoms with van der Waals surface area (Å²) in [6, 6.07) is 23.5. The van der Waals surface area contributed by atoms with E-state index in [9.17, 15) is 8.42 Å². The maximum absolute atomic E-state index is 12.6. The van der Waals surface area contributed by atoms with E-state index < -0.39 is 10.0 Å². The molecule has 0 saturated heterocycles. The lowest BCUT2D eigenvalue weighted by molar-refractivity contribution is 0.601. The highest BCUT2D eigenvalue weighted by atomic mass is 32.2. The van der Waals surface area contributed by atoms with Crippen molar-refractivity contribution < 1.29 is 8.42 Å². The van der Waals surface area contributed by atoms with Gasteiger partial charge in [-0.2, -0.15) is 0 Å². The molecular weight excluding hydrogens is 468 g/mol. The van der Waals surface area contributed by atoms with Crippen molar-refractivity contribution in [3.63, 3.8) is 0 Å². The van der Waals surface area contributed by atoms with Crippen molar-refractivity contribution >= 4 is 66.5 Å². The fourth-order valence-corrected chi connectivity index (χ4v) is 4.68. The number of nitrogens with zero attached hydrogens (tertiary/aromatic N) is 3. The fourth-order valence-electron chi connectivity index (χ4n) is 3.50. The van der Waals surface area contributed by atoms with Crippen LogP contribution in [-0.2, 0) is 10.0 Å². The number of benzene rings is 3. The number of sulfonamides is 1. The predicted molar refractivity (Wildman–Crippen MR) is 138 cm³/mol. The van der Waals surface area contributed by atoms with E-state index in [1.54, 1.807) is 18.2 Å². The number of anilines is 3. The first-order valence-corrected chi connectivity index (χ1v) is 12.1. The molecule has 0 spiro atoms. The van der Waals surface area contributed by atoms with Crippen molar-refractivity contribution in [1.29, 1.82) is 0 Å². The summed E-state index contributed by atoms with van der Waals surface area (Å²) in [5, 5.41) is 8.65. The number of pyridine rings is 1. The molecule has 0 aliphatic heterocycles. The van der Waals surface area contributed by atoms with Crippen molar-refractivity contribution in [1.82, 2.24) is 15.0 Å². The van der Waals surface area contributed by atoms with Crippen LogP contribution in [0, 0.1) is 0 Å². The Hall–Kier alpha value is -4.15. The van der Waals surface area contributed by atoms with Crippen molar-refractivity contribution in [2.75, 3.05) is 15.4 Å². The number of aromatic nitrogens is 3. The van der Waals surface area contributed by atoms with Crippen LogP contribution in [0.2, 0.25) is 0 Å². The van der Waals surface area contributed by atoms with Gasteiger partial charge in [0.15, 0.2) is 5.11 Å². The number of hydrogen-bond acceptors (Lipinski definition) is 6. The van der Waals surface area contributed by atoms with Gasteiger partial charge in [0, 0.05) is 28.9 Å². The Morgan fingerprint density at radius 3 is 1.94 bits per heavy atom. The van der Waals surface area contributed by atoms with Crippen molar-refractivity contribution in [2.24, 2.45) is 0 Å². The summed E-state index contributed by atoms with van der Waals surface area (Å²) in [6.07, 6.45) is 2.92. The third kappa shape index (κ3) is 4.49. The van der Waals surface area contributed by atoms with Gasteiger partial charge in [-0.3, -0.25) is 0 Å². The first-order valence-electron chi connectivity index (χ1n) is 10.2. The molecule has 3 N–H and O–H groups in total. The summed E-state index contributed by atoms with van der Waals surface area (Å²) in [5.74, 6) is 0.00637. The molecule has 8 nitrogen and oxygen atoms in total. The van der Waals surface area contributed by atoms with E-state index in [-0.39, 0.29) is 10.8 Å². The molecule has 0 amide bonds. The Kier molecular flexibility index (Phi) is 5.74. The molecule has 0 radical (unpaired) electrons. The smallest absolute Gasteiger partial charge is 0.264 e. The van der Waals surface area contributed by atoms with Gasteiger partial charge in [0.1, 0.15) is 0 Å². The zero-order valence-corrected chi connectivity index (χ0v) is 19.3. The van der Waals surface area contributed by atoms with Crippen LogP contribution >= 0.6 is 12.2 Å². The summed E-state index contributed by atoms with van der Waals surface area (Å²) in [7, 11) is -3.81. The largest absolute Gasteiger partial charge is 0.332 e. The molecule has 0 atom stereocenters. The molecule has 0 unspecified atom stereocenters. The van der Waals surface area contributed by atoms with Gasteiger partial charge in [-0.25, -0.2) is 28.1 Å². The second-order valence-electron chi connectivity index (χ2n) is 7.30. The average molecular weight is 487 g/mol. The minimum Gasteiger partial charge on any atom is -0.332 e. The summed E-state index contributed by atoms with van der Waals surface area (Å²) in [4.78, 5) is 12.6. The Balaban J connectivity index is 1.36. The molecule has 0 aliphatic rings. The van der Waals surface area contributed by atoms with Gasteiger partial charge < -0.3 is 10.6 Å².